The molecule has 0 aliphatic rings. The van der Waals surface area contributed by atoms with Gasteiger partial charge in [-0.05, 0) is 48.7 Å². The fourth-order valence-corrected chi connectivity index (χ4v) is 4.09. The van der Waals surface area contributed by atoms with Crippen molar-refractivity contribution in [2.24, 2.45) is 0 Å². The number of rotatable bonds is 10. The molecule has 0 aliphatic heterocycles. The van der Waals surface area contributed by atoms with E-state index in [0.717, 1.165) is 11.1 Å². The highest BCUT2D eigenvalue weighted by atomic mass is 19.1. The molecule has 1 amide bonds. The lowest BCUT2D eigenvalue weighted by Gasteiger charge is -2.27. The Bertz CT molecular complexity index is 1480. The van der Waals surface area contributed by atoms with Crippen LogP contribution in [0.3, 0.4) is 0 Å². The van der Waals surface area contributed by atoms with Crippen LogP contribution in [-0.2, 0) is 9.53 Å². The minimum atomic E-state index is -1.09. The Morgan fingerprint density at radius 1 is 0.925 bits per heavy atom. The summed E-state index contributed by atoms with van der Waals surface area (Å²) in [6, 6.07) is 23.3. The number of benzene rings is 3. The summed E-state index contributed by atoms with van der Waals surface area (Å²) in [4.78, 5) is 29.5. The number of halogens is 1. The Hall–Kier alpha value is -4.92. The van der Waals surface area contributed by atoms with E-state index in [2.05, 4.69) is 10.3 Å². The van der Waals surface area contributed by atoms with Crippen LogP contribution >= 0.6 is 0 Å². The molecule has 0 saturated carbocycles. The van der Waals surface area contributed by atoms with Crippen molar-refractivity contribution in [3.8, 4) is 28.4 Å². The highest BCUT2D eigenvalue weighted by molar-refractivity contribution is 5.97. The van der Waals surface area contributed by atoms with Gasteiger partial charge in [-0.25, -0.2) is 14.2 Å². The van der Waals surface area contributed by atoms with Crippen LogP contribution in [0.4, 0.5) is 4.39 Å². The molecule has 0 aliphatic carbocycles. The summed E-state index contributed by atoms with van der Waals surface area (Å²) in [6.45, 7) is 3.10. The van der Waals surface area contributed by atoms with Gasteiger partial charge in [-0.15, -0.1) is 0 Å². The molecule has 0 spiro atoms. The van der Waals surface area contributed by atoms with Gasteiger partial charge in [0.1, 0.15) is 23.7 Å². The van der Waals surface area contributed by atoms with Gasteiger partial charge < -0.3 is 24.6 Å². The zero-order chi connectivity index (χ0) is 28.6. The Morgan fingerprint density at radius 2 is 1.65 bits per heavy atom. The molecular weight excluding hydrogens is 515 g/mol. The molecule has 40 heavy (non-hydrogen) atoms. The minimum Gasteiger partial charge on any atom is -0.503 e. The third-order valence-electron chi connectivity index (χ3n) is 6.13. The molecule has 0 saturated heterocycles. The molecule has 9 heteroatoms. The van der Waals surface area contributed by atoms with Crippen molar-refractivity contribution in [1.82, 2.24) is 10.3 Å². The molecule has 3 atom stereocenters. The largest absolute Gasteiger partial charge is 0.503 e. The van der Waals surface area contributed by atoms with Gasteiger partial charge in [0.15, 0.2) is 23.3 Å². The molecule has 2 N–H and O–H groups in total. The molecule has 4 aromatic rings. The number of carbonyl (C=O) groups excluding carboxylic acids is 2. The van der Waals surface area contributed by atoms with Crippen LogP contribution in [0.25, 0.3) is 11.1 Å². The standard InChI is InChI=1S/C31H29FN2O6/c1-19(34-30(36)27-28(35)26(38-3)15-16-33-27)31(37)39-20(2)29(40-25-14-8-13-24(32)18-25)23-12-7-11-22(17-23)21-9-5-4-6-10-21/h4-20,29,35H,1-3H3,(H,34,36)/t19-,20-,29-/m0/s1. The number of hydrogen-bond acceptors (Lipinski definition) is 7. The number of hydrogen-bond donors (Lipinski definition) is 2. The number of aromatic hydroxyl groups is 1. The topological polar surface area (TPSA) is 107 Å². The summed E-state index contributed by atoms with van der Waals surface area (Å²) >= 11 is 0. The zero-order valence-electron chi connectivity index (χ0n) is 22.2. The van der Waals surface area contributed by atoms with Crippen molar-refractivity contribution in [2.45, 2.75) is 32.1 Å². The van der Waals surface area contributed by atoms with E-state index in [9.17, 15) is 19.1 Å². The first-order chi connectivity index (χ1) is 19.3. The summed E-state index contributed by atoms with van der Waals surface area (Å²) < 4.78 is 30.8. The lowest BCUT2D eigenvalue weighted by atomic mass is 9.98. The van der Waals surface area contributed by atoms with Gasteiger partial charge in [-0.1, -0.05) is 54.6 Å². The van der Waals surface area contributed by atoms with E-state index < -0.39 is 41.7 Å². The molecule has 0 fully saturated rings. The van der Waals surface area contributed by atoms with Gasteiger partial charge in [0.05, 0.1) is 7.11 Å². The molecule has 8 nitrogen and oxygen atoms in total. The number of carbonyl (C=O) groups is 2. The molecule has 0 radical (unpaired) electrons. The van der Waals surface area contributed by atoms with Crippen molar-refractivity contribution in [3.05, 3.63) is 108 Å². The minimum absolute atomic E-state index is 0.0686. The van der Waals surface area contributed by atoms with Gasteiger partial charge in [-0.3, -0.25) is 4.79 Å². The molecule has 206 valence electrons. The quantitative estimate of drug-likeness (QED) is 0.255. The van der Waals surface area contributed by atoms with Crippen LogP contribution < -0.4 is 14.8 Å². The van der Waals surface area contributed by atoms with Crippen molar-refractivity contribution < 1.29 is 33.3 Å². The van der Waals surface area contributed by atoms with Crippen LogP contribution in [0.15, 0.2) is 91.1 Å². The van der Waals surface area contributed by atoms with E-state index in [0.29, 0.717) is 5.56 Å². The first-order valence-electron chi connectivity index (χ1n) is 12.6. The molecule has 4 rings (SSSR count). The van der Waals surface area contributed by atoms with Crippen molar-refractivity contribution >= 4 is 11.9 Å². The second kappa shape index (κ2) is 12.8. The van der Waals surface area contributed by atoms with Gasteiger partial charge in [0.25, 0.3) is 5.91 Å². The van der Waals surface area contributed by atoms with Crippen LogP contribution in [0.1, 0.15) is 36.0 Å². The molecule has 0 bridgehead atoms. The lowest BCUT2D eigenvalue weighted by molar-refractivity contribution is -0.154. The smallest absolute Gasteiger partial charge is 0.328 e. The molecule has 3 aromatic carbocycles. The normalized spacial score (nSPS) is 13.0. The van der Waals surface area contributed by atoms with E-state index in [1.54, 1.807) is 13.0 Å². The SMILES string of the molecule is COc1ccnc(C(=O)N[C@@H](C)C(=O)O[C@@H](C)[C@H](Oc2cccc(F)c2)c2cccc(-c3ccccc3)c2)c1O. The third-order valence-corrected chi connectivity index (χ3v) is 6.13. The Kier molecular flexibility index (Phi) is 8.96. The summed E-state index contributed by atoms with van der Waals surface area (Å²) in [5.74, 6) is -2.10. The van der Waals surface area contributed by atoms with E-state index in [1.807, 2.05) is 54.6 Å². The zero-order valence-corrected chi connectivity index (χ0v) is 22.2. The average molecular weight is 545 g/mol. The molecule has 1 aromatic heterocycles. The van der Waals surface area contributed by atoms with Crippen molar-refractivity contribution in [3.63, 3.8) is 0 Å². The lowest BCUT2D eigenvalue weighted by Crippen LogP contribution is -2.42. The number of aromatic nitrogens is 1. The molecule has 1 heterocycles. The second-order valence-corrected chi connectivity index (χ2v) is 9.03. The molecular formula is C31H29FN2O6. The van der Waals surface area contributed by atoms with Crippen molar-refractivity contribution in [2.75, 3.05) is 7.11 Å². The van der Waals surface area contributed by atoms with Gasteiger partial charge in [0.2, 0.25) is 0 Å². The Balaban J connectivity index is 1.54. The summed E-state index contributed by atoms with van der Waals surface area (Å²) in [5.41, 5.74) is 2.32. The maximum atomic E-state index is 13.9. The number of amides is 1. The van der Waals surface area contributed by atoms with Crippen LogP contribution in [0.5, 0.6) is 17.2 Å². The van der Waals surface area contributed by atoms with Gasteiger partial charge in [-0.2, -0.15) is 0 Å². The summed E-state index contributed by atoms with van der Waals surface area (Å²) in [7, 11) is 1.34. The average Bonchev–Trinajstić information content (AvgIpc) is 2.96. The number of pyridine rings is 1. The first kappa shape index (κ1) is 28.1. The highest BCUT2D eigenvalue weighted by Gasteiger charge is 2.29. The van der Waals surface area contributed by atoms with Gasteiger partial charge >= 0.3 is 5.97 Å². The first-order valence-corrected chi connectivity index (χ1v) is 12.6. The van der Waals surface area contributed by atoms with E-state index in [-0.39, 0.29) is 17.2 Å². The third kappa shape index (κ3) is 6.74. The Morgan fingerprint density at radius 3 is 2.38 bits per heavy atom. The number of nitrogens with one attached hydrogen (secondary N) is 1. The van der Waals surface area contributed by atoms with E-state index in [1.165, 1.54) is 44.5 Å². The fourth-order valence-electron chi connectivity index (χ4n) is 4.09. The predicted octanol–water partition coefficient (Wildman–Crippen LogP) is 5.47. The maximum Gasteiger partial charge on any atom is 0.328 e. The summed E-state index contributed by atoms with van der Waals surface area (Å²) in [5, 5.41) is 12.7. The van der Waals surface area contributed by atoms with Crippen LogP contribution in [0.2, 0.25) is 0 Å². The van der Waals surface area contributed by atoms with E-state index >= 15 is 0 Å². The van der Waals surface area contributed by atoms with E-state index in [4.69, 9.17) is 14.2 Å². The number of ether oxygens (including phenoxy) is 3. The van der Waals surface area contributed by atoms with Crippen LogP contribution in [-0.4, -0.2) is 41.2 Å². The number of nitrogens with zero attached hydrogens (tertiary/aromatic N) is 1. The number of methoxy groups -OCH3 is 1. The second-order valence-electron chi connectivity index (χ2n) is 9.03. The number of esters is 1. The highest BCUT2D eigenvalue weighted by Crippen LogP contribution is 2.31. The monoisotopic (exact) mass is 544 g/mol. The molecule has 0 unspecified atom stereocenters. The van der Waals surface area contributed by atoms with Gasteiger partial charge in [0, 0.05) is 18.3 Å². The van der Waals surface area contributed by atoms with Crippen molar-refractivity contribution in [1.29, 1.82) is 0 Å². The fraction of sp³-hybridized carbons (Fsp3) is 0.194. The predicted molar refractivity (Wildman–Crippen MR) is 147 cm³/mol. The maximum absolute atomic E-state index is 13.9. The van der Waals surface area contributed by atoms with Crippen LogP contribution in [0, 0.1) is 5.82 Å². The Labute approximate surface area is 231 Å². The summed E-state index contributed by atoms with van der Waals surface area (Å²) in [6.07, 6.45) is -0.345.